The second-order valence-corrected chi connectivity index (χ2v) is 6.36. The lowest BCUT2D eigenvalue weighted by Gasteiger charge is -2.11. The molecule has 2 amide bonds. The molecule has 0 aromatic heterocycles. The monoisotopic (exact) mass is 363 g/mol. The van der Waals surface area contributed by atoms with Crippen LogP contribution in [0.1, 0.15) is 42.1 Å². The molecule has 138 valence electrons. The first kappa shape index (κ1) is 18.5. The Kier molecular flexibility index (Phi) is 5.76. The van der Waals surface area contributed by atoms with Crippen molar-refractivity contribution in [2.45, 2.75) is 26.2 Å². The van der Waals surface area contributed by atoms with E-state index in [-0.39, 0.29) is 30.4 Å². The predicted octanol–water partition coefficient (Wildman–Crippen LogP) is 3.24. The molecule has 0 bridgehead atoms. The molecular weight excluding hydrogens is 342 g/mol. The molecule has 0 fully saturated rings. The Hall–Kier alpha value is -3.28. The molecule has 0 aliphatic carbocycles. The number of hydrazone groups is 1. The van der Waals surface area contributed by atoms with E-state index in [9.17, 15) is 14.4 Å². The van der Waals surface area contributed by atoms with Crippen LogP contribution in [0, 0.1) is 0 Å². The lowest BCUT2D eigenvalue weighted by molar-refractivity contribution is -0.132. The van der Waals surface area contributed by atoms with E-state index in [0.717, 1.165) is 11.3 Å². The van der Waals surface area contributed by atoms with Crippen molar-refractivity contribution in [2.24, 2.45) is 5.10 Å². The van der Waals surface area contributed by atoms with Crippen LogP contribution in [-0.4, -0.2) is 34.9 Å². The second kappa shape index (κ2) is 8.40. The standard InChI is InChI=1S/C21H21N3O3/c1-15(25)17-8-5-9-18(14-17)22-20(26)10-11-21(27)24-13-12-19(23-24)16-6-3-2-4-7-16/h2-9,14H,10-13H2,1H3,(H,22,26). The number of Topliss-reactive ketones (excluding diaryl/α,β-unsaturated/α-hetero) is 1. The fraction of sp³-hybridized carbons (Fsp3) is 0.238. The summed E-state index contributed by atoms with van der Waals surface area (Å²) in [4.78, 5) is 35.8. The predicted molar refractivity (Wildman–Crippen MR) is 104 cm³/mol. The Morgan fingerprint density at radius 1 is 1.04 bits per heavy atom. The van der Waals surface area contributed by atoms with Crippen LogP contribution in [-0.2, 0) is 9.59 Å². The molecule has 1 N–H and O–H groups in total. The topological polar surface area (TPSA) is 78.8 Å². The highest BCUT2D eigenvalue weighted by Gasteiger charge is 2.21. The molecule has 1 aliphatic heterocycles. The number of ketones is 1. The summed E-state index contributed by atoms with van der Waals surface area (Å²) < 4.78 is 0. The summed E-state index contributed by atoms with van der Waals surface area (Å²) in [6.45, 7) is 2.01. The molecule has 6 nitrogen and oxygen atoms in total. The Morgan fingerprint density at radius 2 is 1.81 bits per heavy atom. The molecule has 0 saturated heterocycles. The van der Waals surface area contributed by atoms with E-state index in [4.69, 9.17) is 0 Å². The van der Waals surface area contributed by atoms with Crippen molar-refractivity contribution in [3.63, 3.8) is 0 Å². The van der Waals surface area contributed by atoms with Crippen molar-refractivity contribution in [3.8, 4) is 0 Å². The molecule has 0 saturated carbocycles. The number of nitrogens with one attached hydrogen (secondary N) is 1. The average Bonchev–Trinajstić information content (AvgIpc) is 3.17. The van der Waals surface area contributed by atoms with Gasteiger partial charge >= 0.3 is 0 Å². The molecule has 3 rings (SSSR count). The molecule has 2 aromatic rings. The summed E-state index contributed by atoms with van der Waals surface area (Å²) in [6, 6.07) is 16.5. The molecular formula is C21H21N3O3. The quantitative estimate of drug-likeness (QED) is 0.800. The van der Waals surface area contributed by atoms with Gasteiger partial charge in [-0.25, -0.2) is 5.01 Å². The van der Waals surface area contributed by atoms with Crippen molar-refractivity contribution < 1.29 is 14.4 Å². The molecule has 2 aromatic carbocycles. The summed E-state index contributed by atoms with van der Waals surface area (Å²) in [6.07, 6.45) is 0.861. The molecule has 0 atom stereocenters. The third-order valence-electron chi connectivity index (χ3n) is 4.32. The number of carbonyl (C=O) groups excluding carboxylic acids is 3. The maximum absolute atomic E-state index is 12.3. The highest BCUT2D eigenvalue weighted by molar-refractivity contribution is 6.03. The first-order chi connectivity index (χ1) is 13.0. The van der Waals surface area contributed by atoms with Crippen LogP contribution in [0.15, 0.2) is 59.7 Å². The summed E-state index contributed by atoms with van der Waals surface area (Å²) >= 11 is 0. The average molecular weight is 363 g/mol. The minimum absolute atomic E-state index is 0.0653. The van der Waals surface area contributed by atoms with Crippen LogP contribution < -0.4 is 5.32 Å². The summed E-state index contributed by atoms with van der Waals surface area (Å²) in [7, 11) is 0. The van der Waals surface area contributed by atoms with Gasteiger partial charge < -0.3 is 5.32 Å². The van der Waals surface area contributed by atoms with Crippen LogP contribution in [0.4, 0.5) is 5.69 Å². The number of nitrogens with zero attached hydrogens (tertiary/aromatic N) is 2. The number of benzene rings is 2. The number of rotatable bonds is 6. The molecule has 0 spiro atoms. The van der Waals surface area contributed by atoms with E-state index in [1.165, 1.54) is 11.9 Å². The van der Waals surface area contributed by atoms with E-state index in [2.05, 4.69) is 10.4 Å². The van der Waals surface area contributed by atoms with Crippen molar-refractivity contribution in [2.75, 3.05) is 11.9 Å². The third kappa shape index (κ3) is 4.88. The van der Waals surface area contributed by atoms with Gasteiger partial charge in [0.05, 0.1) is 12.3 Å². The minimum atomic E-state index is -0.268. The van der Waals surface area contributed by atoms with Gasteiger partial charge in [0.1, 0.15) is 0 Å². The van der Waals surface area contributed by atoms with Crippen LogP contribution in [0.3, 0.4) is 0 Å². The summed E-state index contributed by atoms with van der Waals surface area (Å²) in [5, 5.41) is 8.54. The molecule has 6 heteroatoms. The molecule has 1 heterocycles. The van der Waals surface area contributed by atoms with Crippen LogP contribution in [0.5, 0.6) is 0 Å². The molecule has 1 aliphatic rings. The van der Waals surface area contributed by atoms with Crippen LogP contribution in [0.25, 0.3) is 0 Å². The number of hydrogen-bond donors (Lipinski definition) is 1. The lowest BCUT2D eigenvalue weighted by atomic mass is 10.1. The second-order valence-electron chi connectivity index (χ2n) is 6.36. The summed E-state index contributed by atoms with van der Waals surface area (Å²) in [5.41, 5.74) is 2.97. The molecule has 0 unspecified atom stereocenters. The Bertz CT molecular complexity index is 891. The van der Waals surface area contributed by atoms with E-state index < -0.39 is 0 Å². The normalized spacial score (nSPS) is 13.2. The number of carbonyl (C=O) groups is 3. The van der Waals surface area contributed by atoms with E-state index in [1.54, 1.807) is 24.3 Å². The highest BCUT2D eigenvalue weighted by atomic mass is 16.2. The summed E-state index contributed by atoms with van der Waals surface area (Å²) in [5.74, 6) is -0.508. The first-order valence-electron chi connectivity index (χ1n) is 8.87. The number of hydrogen-bond acceptors (Lipinski definition) is 4. The minimum Gasteiger partial charge on any atom is -0.326 e. The van der Waals surface area contributed by atoms with Crippen molar-refractivity contribution >= 4 is 29.0 Å². The van der Waals surface area contributed by atoms with Crippen LogP contribution in [0.2, 0.25) is 0 Å². The molecule has 0 radical (unpaired) electrons. The van der Waals surface area contributed by atoms with Gasteiger partial charge in [-0.05, 0) is 24.6 Å². The van der Waals surface area contributed by atoms with E-state index in [1.807, 2.05) is 30.3 Å². The Morgan fingerprint density at radius 3 is 2.56 bits per heavy atom. The SMILES string of the molecule is CC(=O)c1cccc(NC(=O)CCC(=O)N2CCC(c3ccccc3)=N2)c1. The van der Waals surface area contributed by atoms with Gasteiger partial charge in [0.25, 0.3) is 0 Å². The van der Waals surface area contributed by atoms with Gasteiger partial charge in [-0.2, -0.15) is 5.10 Å². The zero-order chi connectivity index (χ0) is 19.2. The van der Waals surface area contributed by atoms with Crippen molar-refractivity contribution in [1.82, 2.24) is 5.01 Å². The fourth-order valence-electron chi connectivity index (χ4n) is 2.86. The first-order valence-corrected chi connectivity index (χ1v) is 8.87. The van der Waals surface area contributed by atoms with E-state index >= 15 is 0 Å². The smallest absolute Gasteiger partial charge is 0.243 e. The van der Waals surface area contributed by atoms with Crippen LogP contribution >= 0.6 is 0 Å². The van der Waals surface area contributed by atoms with Gasteiger partial charge in [-0.1, -0.05) is 42.5 Å². The lowest BCUT2D eigenvalue weighted by Crippen LogP contribution is -2.25. The maximum Gasteiger partial charge on any atom is 0.243 e. The fourth-order valence-corrected chi connectivity index (χ4v) is 2.86. The number of amides is 2. The van der Waals surface area contributed by atoms with Gasteiger partial charge in [-0.15, -0.1) is 0 Å². The van der Waals surface area contributed by atoms with E-state index in [0.29, 0.717) is 24.2 Å². The van der Waals surface area contributed by atoms with Gasteiger partial charge in [0, 0.05) is 30.5 Å². The number of anilines is 1. The highest BCUT2D eigenvalue weighted by Crippen LogP contribution is 2.16. The maximum atomic E-state index is 12.3. The zero-order valence-electron chi connectivity index (χ0n) is 15.1. The largest absolute Gasteiger partial charge is 0.326 e. The Labute approximate surface area is 157 Å². The van der Waals surface area contributed by atoms with Crippen molar-refractivity contribution in [1.29, 1.82) is 0 Å². The molecule has 27 heavy (non-hydrogen) atoms. The Balaban J connectivity index is 1.52. The van der Waals surface area contributed by atoms with Gasteiger partial charge in [-0.3, -0.25) is 14.4 Å². The van der Waals surface area contributed by atoms with Gasteiger partial charge in [0.15, 0.2) is 5.78 Å². The van der Waals surface area contributed by atoms with Crippen molar-refractivity contribution in [3.05, 3.63) is 65.7 Å². The third-order valence-corrected chi connectivity index (χ3v) is 4.32. The van der Waals surface area contributed by atoms with Gasteiger partial charge in [0.2, 0.25) is 11.8 Å². The zero-order valence-corrected chi connectivity index (χ0v) is 15.1.